The maximum atomic E-state index is 12.2. The Morgan fingerprint density at radius 1 is 1.08 bits per heavy atom. The summed E-state index contributed by atoms with van der Waals surface area (Å²) in [4.78, 5) is 38.1. The van der Waals surface area contributed by atoms with E-state index in [4.69, 9.17) is 14.6 Å². The van der Waals surface area contributed by atoms with E-state index in [0.717, 1.165) is 5.56 Å². The summed E-state index contributed by atoms with van der Waals surface area (Å²) < 4.78 is 10.3. The fourth-order valence-electron chi connectivity index (χ4n) is 2.43. The fourth-order valence-corrected chi connectivity index (χ4v) is 2.43. The van der Waals surface area contributed by atoms with Crippen LogP contribution in [0.4, 0.5) is 0 Å². The molecule has 1 aliphatic rings. The van der Waals surface area contributed by atoms with Gasteiger partial charge in [0.25, 0.3) is 0 Å². The van der Waals surface area contributed by atoms with Gasteiger partial charge in [0.2, 0.25) is 5.91 Å². The van der Waals surface area contributed by atoms with Crippen LogP contribution in [0, 0.1) is 0 Å². The average Bonchev–Trinajstić information content (AvgIpc) is 2.61. The Hall–Kier alpha value is -2.45. The van der Waals surface area contributed by atoms with Crippen molar-refractivity contribution in [1.29, 1.82) is 0 Å². The summed E-state index contributed by atoms with van der Waals surface area (Å²) in [6.45, 7) is 1.17. The van der Waals surface area contributed by atoms with Gasteiger partial charge in [0.05, 0.1) is 32.8 Å². The standard InChI is InChI=1S/C17H22N2O6/c20-15(19-6-8-24-9-7-19)10-18(11-16(21)22)12-17(23)25-13-14-4-2-1-3-5-14/h1-5H,6-13H2,(H,21,22). The van der Waals surface area contributed by atoms with E-state index >= 15 is 0 Å². The second-order valence-electron chi connectivity index (χ2n) is 5.68. The Labute approximate surface area is 145 Å². The van der Waals surface area contributed by atoms with Crippen LogP contribution in [0.25, 0.3) is 0 Å². The number of carbonyl (C=O) groups is 3. The summed E-state index contributed by atoms with van der Waals surface area (Å²) in [6.07, 6.45) is 0. The summed E-state index contributed by atoms with van der Waals surface area (Å²) in [5.41, 5.74) is 0.838. The number of morpholine rings is 1. The maximum absolute atomic E-state index is 12.2. The number of hydrogen-bond acceptors (Lipinski definition) is 6. The summed E-state index contributed by atoms with van der Waals surface area (Å²) in [6, 6.07) is 9.17. The molecule has 1 aromatic carbocycles. The SMILES string of the molecule is O=C(O)CN(CC(=O)OCc1ccccc1)CC(=O)N1CCOCC1. The molecule has 0 saturated carbocycles. The van der Waals surface area contributed by atoms with Crippen molar-refractivity contribution in [2.45, 2.75) is 6.61 Å². The predicted molar refractivity (Wildman–Crippen MR) is 87.7 cm³/mol. The van der Waals surface area contributed by atoms with E-state index in [1.54, 1.807) is 4.90 Å². The van der Waals surface area contributed by atoms with Crippen LogP contribution in [0.1, 0.15) is 5.56 Å². The normalized spacial score (nSPS) is 14.4. The number of amides is 1. The molecule has 1 fully saturated rings. The van der Waals surface area contributed by atoms with E-state index in [1.807, 2.05) is 30.3 Å². The number of carboxylic acids is 1. The number of carboxylic acid groups (broad SMARTS) is 1. The van der Waals surface area contributed by atoms with Crippen LogP contribution in [0.5, 0.6) is 0 Å². The molecule has 1 aromatic rings. The number of esters is 1. The van der Waals surface area contributed by atoms with E-state index in [2.05, 4.69) is 0 Å². The minimum atomic E-state index is -1.11. The predicted octanol–water partition coefficient (Wildman–Crippen LogP) is -0.0248. The fraction of sp³-hybridized carbons (Fsp3) is 0.471. The number of nitrogens with zero attached hydrogens (tertiary/aromatic N) is 2. The highest BCUT2D eigenvalue weighted by Gasteiger charge is 2.23. The molecule has 8 nitrogen and oxygen atoms in total. The van der Waals surface area contributed by atoms with Crippen molar-refractivity contribution < 1.29 is 29.0 Å². The van der Waals surface area contributed by atoms with Crippen LogP contribution in [0.3, 0.4) is 0 Å². The van der Waals surface area contributed by atoms with Gasteiger partial charge < -0.3 is 19.5 Å². The lowest BCUT2D eigenvalue weighted by molar-refractivity contribution is -0.148. The summed E-state index contributed by atoms with van der Waals surface area (Å²) in [7, 11) is 0. The Morgan fingerprint density at radius 2 is 1.76 bits per heavy atom. The van der Waals surface area contributed by atoms with E-state index < -0.39 is 18.5 Å². The molecule has 0 unspecified atom stereocenters. The van der Waals surface area contributed by atoms with Gasteiger partial charge in [0.15, 0.2) is 0 Å². The van der Waals surface area contributed by atoms with Gasteiger partial charge in [-0.3, -0.25) is 19.3 Å². The first kappa shape index (κ1) is 18.9. The molecule has 0 radical (unpaired) electrons. The van der Waals surface area contributed by atoms with Crippen LogP contribution in [-0.2, 0) is 30.5 Å². The highest BCUT2D eigenvalue weighted by Crippen LogP contribution is 2.03. The first-order valence-electron chi connectivity index (χ1n) is 8.04. The molecular formula is C17H22N2O6. The third-order valence-electron chi connectivity index (χ3n) is 3.68. The summed E-state index contributed by atoms with van der Waals surface area (Å²) in [5, 5.41) is 8.99. The van der Waals surface area contributed by atoms with E-state index in [0.29, 0.717) is 26.3 Å². The zero-order valence-electron chi connectivity index (χ0n) is 13.9. The average molecular weight is 350 g/mol. The van der Waals surface area contributed by atoms with E-state index in [1.165, 1.54) is 4.90 Å². The third-order valence-corrected chi connectivity index (χ3v) is 3.68. The number of rotatable bonds is 8. The quantitative estimate of drug-likeness (QED) is 0.658. The van der Waals surface area contributed by atoms with Crippen molar-refractivity contribution in [3.8, 4) is 0 Å². The number of ether oxygens (including phenoxy) is 2. The van der Waals surface area contributed by atoms with Gasteiger partial charge in [-0.1, -0.05) is 30.3 Å². The van der Waals surface area contributed by atoms with Gasteiger partial charge in [-0.2, -0.15) is 0 Å². The molecule has 2 rings (SSSR count). The van der Waals surface area contributed by atoms with Gasteiger partial charge in [0, 0.05) is 13.1 Å². The third kappa shape index (κ3) is 6.90. The minimum absolute atomic E-state index is 0.109. The molecule has 0 aliphatic carbocycles. The molecule has 1 heterocycles. The van der Waals surface area contributed by atoms with Gasteiger partial charge in [-0.25, -0.2) is 0 Å². The number of carbonyl (C=O) groups excluding carboxylic acids is 2. The molecule has 8 heteroatoms. The van der Waals surface area contributed by atoms with E-state index in [9.17, 15) is 14.4 Å². The molecule has 0 atom stereocenters. The van der Waals surface area contributed by atoms with Crippen molar-refractivity contribution in [3.63, 3.8) is 0 Å². The van der Waals surface area contributed by atoms with Crippen LogP contribution in [0.2, 0.25) is 0 Å². The number of aliphatic carboxylic acids is 1. The second kappa shape index (κ2) is 9.75. The van der Waals surface area contributed by atoms with Gasteiger partial charge >= 0.3 is 11.9 Å². The van der Waals surface area contributed by atoms with Crippen LogP contribution >= 0.6 is 0 Å². The molecule has 0 bridgehead atoms. The molecular weight excluding hydrogens is 328 g/mol. The lowest BCUT2D eigenvalue weighted by Gasteiger charge is -2.29. The van der Waals surface area contributed by atoms with E-state index in [-0.39, 0.29) is 25.6 Å². The molecule has 25 heavy (non-hydrogen) atoms. The molecule has 136 valence electrons. The van der Waals surface area contributed by atoms with Gasteiger partial charge in [-0.15, -0.1) is 0 Å². The minimum Gasteiger partial charge on any atom is -0.480 e. The van der Waals surface area contributed by atoms with Crippen molar-refractivity contribution in [2.75, 3.05) is 45.9 Å². The lowest BCUT2D eigenvalue weighted by atomic mass is 10.2. The summed E-state index contributed by atoms with van der Waals surface area (Å²) in [5.74, 6) is -1.90. The first-order valence-corrected chi connectivity index (χ1v) is 8.04. The summed E-state index contributed by atoms with van der Waals surface area (Å²) >= 11 is 0. The Kier molecular flexibility index (Phi) is 7.36. The highest BCUT2D eigenvalue weighted by atomic mass is 16.5. The van der Waals surface area contributed by atoms with Crippen molar-refractivity contribution >= 4 is 17.8 Å². The zero-order valence-corrected chi connectivity index (χ0v) is 13.9. The Morgan fingerprint density at radius 3 is 2.40 bits per heavy atom. The molecule has 1 N–H and O–H groups in total. The van der Waals surface area contributed by atoms with Crippen LogP contribution in [-0.4, -0.2) is 78.7 Å². The van der Waals surface area contributed by atoms with Crippen molar-refractivity contribution in [2.24, 2.45) is 0 Å². The second-order valence-corrected chi connectivity index (χ2v) is 5.68. The molecule has 1 saturated heterocycles. The molecule has 0 spiro atoms. The molecule has 0 aromatic heterocycles. The Bertz CT molecular complexity index is 586. The topological polar surface area (TPSA) is 96.4 Å². The lowest BCUT2D eigenvalue weighted by Crippen LogP contribution is -2.47. The monoisotopic (exact) mass is 350 g/mol. The van der Waals surface area contributed by atoms with Crippen molar-refractivity contribution in [3.05, 3.63) is 35.9 Å². The Balaban J connectivity index is 1.84. The largest absolute Gasteiger partial charge is 0.480 e. The van der Waals surface area contributed by atoms with Crippen LogP contribution in [0.15, 0.2) is 30.3 Å². The molecule has 1 aliphatic heterocycles. The van der Waals surface area contributed by atoms with Crippen molar-refractivity contribution in [1.82, 2.24) is 9.80 Å². The van der Waals surface area contributed by atoms with Gasteiger partial charge in [-0.05, 0) is 5.56 Å². The first-order chi connectivity index (χ1) is 12.0. The number of hydrogen-bond donors (Lipinski definition) is 1. The van der Waals surface area contributed by atoms with Gasteiger partial charge in [0.1, 0.15) is 6.61 Å². The number of benzene rings is 1. The smallest absolute Gasteiger partial charge is 0.320 e. The zero-order chi connectivity index (χ0) is 18.1. The highest BCUT2D eigenvalue weighted by molar-refractivity contribution is 5.81. The maximum Gasteiger partial charge on any atom is 0.320 e. The van der Waals surface area contributed by atoms with Crippen LogP contribution < -0.4 is 0 Å². The molecule has 1 amide bonds.